The van der Waals surface area contributed by atoms with Crippen LogP contribution in [-0.2, 0) is 0 Å². The lowest BCUT2D eigenvalue weighted by Gasteiger charge is -2.00. The molecule has 12 heavy (non-hydrogen) atoms. The number of pyridine rings is 1. The van der Waals surface area contributed by atoms with Gasteiger partial charge in [0.1, 0.15) is 5.65 Å². The third-order valence-electron chi connectivity index (χ3n) is 1.98. The van der Waals surface area contributed by atoms with Crippen LogP contribution in [0.2, 0.25) is 0 Å². The van der Waals surface area contributed by atoms with Crippen molar-refractivity contribution in [1.82, 2.24) is 9.38 Å². The Morgan fingerprint density at radius 3 is 2.92 bits per heavy atom. The van der Waals surface area contributed by atoms with Gasteiger partial charge >= 0.3 is 0 Å². The van der Waals surface area contributed by atoms with E-state index in [-0.39, 0.29) is 0 Å². The molecule has 2 heterocycles. The fourth-order valence-corrected chi connectivity index (χ4v) is 1.54. The van der Waals surface area contributed by atoms with Crippen molar-refractivity contribution >= 4 is 21.6 Å². The van der Waals surface area contributed by atoms with E-state index >= 15 is 0 Å². The van der Waals surface area contributed by atoms with Crippen molar-refractivity contribution in [1.29, 1.82) is 0 Å². The second-order valence-electron chi connectivity index (χ2n) is 2.93. The standard InChI is InChI=1S/C9H9BrN2/c1-6-3-9-11-4-7(2)12(9)5-8(6)10/h3-5H,1-2H3. The molecule has 0 fully saturated rings. The molecule has 0 saturated carbocycles. The van der Waals surface area contributed by atoms with Crippen LogP contribution < -0.4 is 0 Å². The number of aromatic nitrogens is 2. The summed E-state index contributed by atoms with van der Waals surface area (Å²) in [6, 6.07) is 2.07. The van der Waals surface area contributed by atoms with Gasteiger partial charge in [-0.1, -0.05) is 0 Å². The number of fused-ring (bicyclic) bond motifs is 1. The molecular formula is C9H9BrN2. The van der Waals surface area contributed by atoms with Crippen molar-refractivity contribution < 1.29 is 0 Å². The van der Waals surface area contributed by atoms with E-state index in [0.29, 0.717) is 0 Å². The van der Waals surface area contributed by atoms with Gasteiger partial charge in [0.25, 0.3) is 0 Å². The van der Waals surface area contributed by atoms with Gasteiger partial charge in [0, 0.05) is 22.6 Å². The normalized spacial score (nSPS) is 10.9. The average Bonchev–Trinajstić information content (AvgIpc) is 2.35. The first kappa shape index (κ1) is 7.80. The number of hydrogen-bond acceptors (Lipinski definition) is 1. The van der Waals surface area contributed by atoms with E-state index in [1.807, 2.05) is 19.3 Å². The molecule has 0 radical (unpaired) electrons. The van der Waals surface area contributed by atoms with Crippen molar-refractivity contribution in [2.45, 2.75) is 13.8 Å². The fourth-order valence-electron chi connectivity index (χ4n) is 1.22. The molecular weight excluding hydrogens is 216 g/mol. The predicted molar refractivity (Wildman–Crippen MR) is 52.4 cm³/mol. The molecule has 0 unspecified atom stereocenters. The van der Waals surface area contributed by atoms with Gasteiger partial charge in [0.05, 0.1) is 0 Å². The largest absolute Gasteiger partial charge is 0.303 e. The molecule has 0 amide bonds. The molecule has 2 aromatic rings. The van der Waals surface area contributed by atoms with E-state index in [9.17, 15) is 0 Å². The van der Waals surface area contributed by atoms with Crippen LogP contribution in [0.5, 0.6) is 0 Å². The summed E-state index contributed by atoms with van der Waals surface area (Å²) < 4.78 is 3.19. The first-order valence-corrected chi connectivity index (χ1v) is 4.57. The minimum atomic E-state index is 1.01. The number of aryl methyl sites for hydroxylation is 2. The lowest BCUT2D eigenvalue weighted by Crippen LogP contribution is -1.88. The van der Waals surface area contributed by atoms with Crippen molar-refractivity contribution in [2.75, 3.05) is 0 Å². The number of hydrogen-bond donors (Lipinski definition) is 0. The van der Waals surface area contributed by atoms with Crippen LogP contribution in [0.15, 0.2) is 22.9 Å². The minimum Gasteiger partial charge on any atom is -0.303 e. The highest BCUT2D eigenvalue weighted by Crippen LogP contribution is 2.18. The Labute approximate surface area is 79.4 Å². The molecule has 0 atom stereocenters. The summed E-state index contributed by atoms with van der Waals surface area (Å²) in [5, 5.41) is 0. The van der Waals surface area contributed by atoms with Gasteiger partial charge in [0.15, 0.2) is 0 Å². The Morgan fingerprint density at radius 1 is 1.42 bits per heavy atom. The first-order valence-electron chi connectivity index (χ1n) is 3.78. The zero-order valence-corrected chi connectivity index (χ0v) is 8.59. The molecule has 2 nitrogen and oxygen atoms in total. The molecule has 2 rings (SSSR count). The molecule has 0 N–H and O–H groups in total. The maximum atomic E-state index is 4.26. The number of halogens is 1. The summed E-state index contributed by atoms with van der Waals surface area (Å²) in [5.41, 5.74) is 3.38. The highest BCUT2D eigenvalue weighted by atomic mass is 79.9. The van der Waals surface area contributed by atoms with Gasteiger partial charge in [0.2, 0.25) is 0 Å². The van der Waals surface area contributed by atoms with Crippen molar-refractivity contribution in [2.24, 2.45) is 0 Å². The fraction of sp³-hybridized carbons (Fsp3) is 0.222. The summed E-state index contributed by atoms with van der Waals surface area (Å²) in [6.07, 6.45) is 3.92. The predicted octanol–water partition coefficient (Wildman–Crippen LogP) is 2.71. The van der Waals surface area contributed by atoms with Crippen LogP contribution in [0.3, 0.4) is 0 Å². The van der Waals surface area contributed by atoms with Gasteiger partial charge in [-0.15, -0.1) is 0 Å². The summed E-state index contributed by atoms with van der Waals surface area (Å²) in [4.78, 5) is 4.26. The van der Waals surface area contributed by atoms with Gasteiger partial charge in [-0.2, -0.15) is 0 Å². The maximum absolute atomic E-state index is 4.26. The second-order valence-corrected chi connectivity index (χ2v) is 3.79. The van der Waals surface area contributed by atoms with Crippen LogP contribution in [0, 0.1) is 13.8 Å². The Kier molecular flexibility index (Phi) is 1.68. The third-order valence-corrected chi connectivity index (χ3v) is 2.81. The first-order chi connectivity index (χ1) is 5.68. The monoisotopic (exact) mass is 224 g/mol. The number of nitrogens with zero attached hydrogens (tertiary/aromatic N) is 2. The van der Waals surface area contributed by atoms with Gasteiger partial charge in [-0.3, -0.25) is 0 Å². The summed E-state index contributed by atoms with van der Waals surface area (Å²) >= 11 is 3.49. The van der Waals surface area contributed by atoms with Crippen LogP contribution in [0.1, 0.15) is 11.3 Å². The molecule has 3 heteroatoms. The van der Waals surface area contributed by atoms with E-state index in [0.717, 1.165) is 15.8 Å². The lowest BCUT2D eigenvalue weighted by molar-refractivity contribution is 1.09. The molecule has 2 aromatic heterocycles. The maximum Gasteiger partial charge on any atom is 0.137 e. The Bertz CT molecular complexity index is 431. The van der Waals surface area contributed by atoms with E-state index in [1.165, 1.54) is 5.56 Å². The second kappa shape index (κ2) is 2.59. The molecule has 0 aromatic carbocycles. The average molecular weight is 225 g/mol. The van der Waals surface area contributed by atoms with Crippen LogP contribution >= 0.6 is 15.9 Å². The summed E-state index contributed by atoms with van der Waals surface area (Å²) in [5.74, 6) is 0. The third kappa shape index (κ3) is 1.05. The molecule has 62 valence electrons. The van der Waals surface area contributed by atoms with Gasteiger partial charge in [-0.05, 0) is 41.4 Å². The molecule has 0 aliphatic heterocycles. The quantitative estimate of drug-likeness (QED) is 0.673. The van der Waals surface area contributed by atoms with Crippen molar-refractivity contribution in [3.05, 3.63) is 34.2 Å². The van der Waals surface area contributed by atoms with Crippen LogP contribution in [0.4, 0.5) is 0 Å². The van der Waals surface area contributed by atoms with E-state index in [4.69, 9.17) is 0 Å². The zero-order valence-electron chi connectivity index (χ0n) is 7.00. The van der Waals surface area contributed by atoms with Crippen molar-refractivity contribution in [3.63, 3.8) is 0 Å². The van der Waals surface area contributed by atoms with Gasteiger partial charge in [-0.25, -0.2) is 4.98 Å². The zero-order chi connectivity index (χ0) is 8.72. The SMILES string of the molecule is Cc1cc2ncc(C)n2cc1Br. The van der Waals surface area contributed by atoms with Crippen LogP contribution in [-0.4, -0.2) is 9.38 Å². The highest BCUT2D eigenvalue weighted by Gasteiger charge is 2.01. The minimum absolute atomic E-state index is 1.01. The number of imidazole rings is 1. The van der Waals surface area contributed by atoms with Crippen LogP contribution in [0.25, 0.3) is 5.65 Å². The topological polar surface area (TPSA) is 17.3 Å². The molecule has 0 aliphatic carbocycles. The number of rotatable bonds is 0. The molecule has 0 aliphatic rings. The molecule has 0 bridgehead atoms. The lowest BCUT2D eigenvalue weighted by atomic mass is 10.3. The highest BCUT2D eigenvalue weighted by molar-refractivity contribution is 9.10. The summed E-state index contributed by atoms with van der Waals surface area (Å²) in [7, 11) is 0. The van der Waals surface area contributed by atoms with Gasteiger partial charge < -0.3 is 4.40 Å². The Hall–Kier alpha value is -0.830. The molecule has 0 spiro atoms. The van der Waals surface area contributed by atoms with E-state index in [1.54, 1.807) is 0 Å². The summed E-state index contributed by atoms with van der Waals surface area (Å²) in [6.45, 7) is 4.11. The Balaban J connectivity index is 2.87. The smallest absolute Gasteiger partial charge is 0.137 e. The van der Waals surface area contributed by atoms with E-state index in [2.05, 4.69) is 38.3 Å². The molecule has 0 saturated heterocycles. The van der Waals surface area contributed by atoms with E-state index < -0.39 is 0 Å². The van der Waals surface area contributed by atoms with Crippen molar-refractivity contribution in [3.8, 4) is 0 Å². The Morgan fingerprint density at radius 2 is 2.17 bits per heavy atom.